The van der Waals surface area contributed by atoms with Crippen LogP contribution >= 0.6 is 0 Å². The summed E-state index contributed by atoms with van der Waals surface area (Å²) in [6.45, 7) is 4.37. The molecule has 0 atom stereocenters. The molecule has 2 amide bonds. The third-order valence-electron chi connectivity index (χ3n) is 6.51. The lowest BCUT2D eigenvalue weighted by molar-refractivity contribution is 0.0664. The lowest BCUT2D eigenvalue weighted by atomic mass is 10.1. The lowest BCUT2D eigenvalue weighted by Crippen LogP contribution is -2.47. The molecule has 0 bridgehead atoms. The van der Waals surface area contributed by atoms with Gasteiger partial charge in [0, 0.05) is 51.4 Å². The number of piperazine rings is 1. The Bertz CT molecular complexity index is 1120. The number of hydrogen-bond acceptors (Lipinski definition) is 5. The summed E-state index contributed by atoms with van der Waals surface area (Å²) in [5.41, 5.74) is 1.60. The molecule has 4 rings (SSSR count). The third-order valence-corrected chi connectivity index (χ3v) is 8.47. The summed E-state index contributed by atoms with van der Waals surface area (Å²) >= 11 is 0. The van der Waals surface area contributed by atoms with Crippen LogP contribution in [-0.4, -0.2) is 80.7 Å². The average Bonchev–Trinajstić information content (AvgIpc) is 2.88. The van der Waals surface area contributed by atoms with Crippen molar-refractivity contribution >= 4 is 21.8 Å². The van der Waals surface area contributed by atoms with Gasteiger partial charge in [0.25, 0.3) is 11.8 Å². The molecule has 2 fully saturated rings. The number of piperidine rings is 1. The topological polar surface area (TPSA) is 90.0 Å². The third kappa shape index (κ3) is 5.48. The average molecular weight is 485 g/mol. The molecule has 0 radical (unpaired) electrons. The van der Waals surface area contributed by atoms with Crippen molar-refractivity contribution in [3.05, 3.63) is 65.2 Å². The van der Waals surface area contributed by atoms with Crippen LogP contribution in [0.25, 0.3) is 0 Å². The molecular formula is C25H32N4O4S. The van der Waals surface area contributed by atoms with Crippen molar-refractivity contribution in [2.24, 2.45) is 0 Å². The summed E-state index contributed by atoms with van der Waals surface area (Å²) in [7, 11) is -1.67. The normalized spacial score (nSPS) is 18.0. The highest BCUT2D eigenvalue weighted by Gasteiger charge is 2.29. The number of sulfonamides is 1. The van der Waals surface area contributed by atoms with Crippen molar-refractivity contribution in [1.82, 2.24) is 19.4 Å². The van der Waals surface area contributed by atoms with Crippen LogP contribution in [0.5, 0.6) is 0 Å². The van der Waals surface area contributed by atoms with Crippen molar-refractivity contribution in [3.63, 3.8) is 0 Å². The fraction of sp³-hybridized carbons (Fsp3) is 0.440. The molecule has 0 aromatic heterocycles. The van der Waals surface area contributed by atoms with Crippen LogP contribution < -0.4 is 5.32 Å². The van der Waals surface area contributed by atoms with E-state index in [4.69, 9.17) is 0 Å². The van der Waals surface area contributed by atoms with E-state index in [0.29, 0.717) is 31.7 Å². The van der Waals surface area contributed by atoms with Crippen molar-refractivity contribution in [2.75, 3.05) is 46.3 Å². The standard InChI is InChI=1S/C25H32N4O4S/c1-27-15-17-28(18-16-27)25(31)21-11-9-20(10-12-21)19-26-24(30)22-7-3-4-8-23(22)34(32,33)29-13-5-2-6-14-29/h3-4,7-12H,2,5-6,13-19H2,1H3,(H,26,30). The van der Waals surface area contributed by atoms with Gasteiger partial charge in [-0.2, -0.15) is 4.31 Å². The molecule has 0 spiro atoms. The number of benzene rings is 2. The highest BCUT2D eigenvalue weighted by Crippen LogP contribution is 2.23. The summed E-state index contributed by atoms with van der Waals surface area (Å²) in [6, 6.07) is 13.5. The van der Waals surface area contributed by atoms with Crippen LogP contribution in [0.2, 0.25) is 0 Å². The van der Waals surface area contributed by atoms with E-state index in [9.17, 15) is 18.0 Å². The maximum atomic E-state index is 13.1. The first-order valence-corrected chi connectivity index (χ1v) is 13.2. The number of nitrogens with one attached hydrogen (secondary N) is 1. The van der Waals surface area contributed by atoms with E-state index in [-0.39, 0.29) is 22.9 Å². The minimum atomic E-state index is -3.72. The van der Waals surface area contributed by atoms with Crippen LogP contribution in [0.3, 0.4) is 0 Å². The van der Waals surface area contributed by atoms with Gasteiger partial charge in [-0.1, -0.05) is 30.7 Å². The number of likely N-dealkylation sites (N-methyl/N-ethyl adjacent to an activating group) is 1. The smallest absolute Gasteiger partial charge is 0.253 e. The Kier molecular flexibility index (Phi) is 7.65. The number of carbonyl (C=O) groups excluding carboxylic acids is 2. The number of nitrogens with zero attached hydrogens (tertiary/aromatic N) is 3. The van der Waals surface area contributed by atoms with Crippen LogP contribution in [0.1, 0.15) is 45.5 Å². The quantitative estimate of drug-likeness (QED) is 0.679. The molecule has 9 heteroatoms. The molecule has 182 valence electrons. The number of amides is 2. The molecule has 2 aromatic carbocycles. The molecule has 0 unspecified atom stereocenters. The molecule has 34 heavy (non-hydrogen) atoms. The van der Waals surface area contributed by atoms with Gasteiger partial charge in [-0.25, -0.2) is 8.42 Å². The zero-order valence-electron chi connectivity index (χ0n) is 19.6. The predicted octanol–water partition coefficient (Wildman–Crippen LogP) is 2.18. The Balaban J connectivity index is 1.40. The van der Waals surface area contributed by atoms with E-state index < -0.39 is 15.9 Å². The largest absolute Gasteiger partial charge is 0.348 e. The Morgan fingerprint density at radius 2 is 1.50 bits per heavy atom. The summed E-state index contributed by atoms with van der Waals surface area (Å²) in [5.74, 6) is -0.422. The van der Waals surface area contributed by atoms with E-state index in [1.165, 1.54) is 10.4 Å². The van der Waals surface area contributed by atoms with Gasteiger partial charge in [0.05, 0.1) is 10.5 Å². The maximum Gasteiger partial charge on any atom is 0.253 e. The summed E-state index contributed by atoms with van der Waals surface area (Å²) in [5, 5.41) is 2.82. The Hall–Kier alpha value is -2.75. The fourth-order valence-corrected chi connectivity index (χ4v) is 6.06. The SMILES string of the molecule is CN1CCN(C(=O)c2ccc(CNC(=O)c3ccccc3S(=O)(=O)N3CCCCC3)cc2)CC1. The van der Waals surface area contributed by atoms with Gasteiger partial charge >= 0.3 is 0 Å². The Labute approximate surface area is 201 Å². The molecule has 8 nitrogen and oxygen atoms in total. The van der Waals surface area contributed by atoms with Gasteiger partial charge in [0.1, 0.15) is 0 Å². The van der Waals surface area contributed by atoms with Crippen molar-refractivity contribution in [2.45, 2.75) is 30.7 Å². The lowest BCUT2D eigenvalue weighted by Gasteiger charge is -2.32. The second-order valence-electron chi connectivity index (χ2n) is 8.94. The second kappa shape index (κ2) is 10.7. The molecule has 2 aliphatic rings. The van der Waals surface area contributed by atoms with Crippen LogP contribution in [0.15, 0.2) is 53.4 Å². The Morgan fingerprint density at radius 1 is 0.853 bits per heavy atom. The molecule has 2 aromatic rings. The van der Waals surface area contributed by atoms with Gasteiger partial charge in [0.15, 0.2) is 0 Å². The summed E-state index contributed by atoms with van der Waals surface area (Å²) in [4.78, 5) is 29.7. The zero-order chi connectivity index (χ0) is 24.1. The fourth-order valence-electron chi connectivity index (χ4n) is 4.36. The van der Waals surface area contributed by atoms with Gasteiger partial charge in [-0.3, -0.25) is 9.59 Å². The molecule has 2 aliphatic heterocycles. The molecule has 0 aliphatic carbocycles. The van der Waals surface area contributed by atoms with E-state index >= 15 is 0 Å². The maximum absolute atomic E-state index is 13.1. The number of carbonyl (C=O) groups is 2. The minimum absolute atomic E-state index is 0.0144. The molecular weight excluding hydrogens is 452 g/mol. The van der Waals surface area contributed by atoms with Gasteiger partial charge in [-0.15, -0.1) is 0 Å². The molecule has 2 saturated heterocycles. The van der Waals surface area contributed by atoms with Crippen LogP contribution in [0, 0.1) is 0 Å². The van der Waals surface area contributed by atoms with E-state index in [2.05, 4.69) is 10.2 Å². The van der Waals surface area contributed by atoms with Crippen LogP contribution in [0.4, 0.5) is 0 Å². The number of rotatable bonds is 6. The highest BCUT2D eigenvalue weighted by molar-refractivity contribution is 7.89. The first-order chi connectivity index (χ1) is 16.4. The van der Waals surface area contributed by atoms with E-state index in [1.54, 1.807) is 30.3 Å². The van der Waals surface area contributed by atoms with E-state index in [1.807, 2.05) is 24.1 Å². The molecule has 0 saturated carbocycles. The second-order valence-corrected chi connectivity index (χ2v) is 10.8. The van der Waals surface area contributed by atoms with Crippen LogP contribution in [-0.2, 0) is 16.6 Å². The van der Waals surface area contributed by atoms with Crippen molar-refractivity contribution in [3.8, 4) is 0 Å². The zero-order valence-corrected chi connectivity index (χ0v) is 20.4. The summed E-state index contributed by atoms with van der Waals surface area (Å²) in [6.07, 6.45) is 2.69. The van der Waals surface area contributed by atoms with Gasteiger partial charge in [0.2, 0.25) is 10.0 Å². The molecule has 1 N–H and O–H groups in total. The molecule has 2 heterocycles. The van der Waals surface area contributed by atoms with Crippen molar-refractivity contribution in [1.29, 1.82) is 0 Å². The highest BCUT2D eigenvalue weighted by atomic mass is 32.2. The first-order valence-electron chi connectivity index (χ1n) is 11.8. The monoisotopic (exact) mass is 484 g/mol. The van der Waals surface area contributed by atoms with E-state index in [0.717, 1.165) is 37.9 Å². The predicted molar refractivity (Wildman–Crippen MR) is 130 cm³/mol. The van der Waals surface area contributed by atoms with Gasteiger partial charge in [-0.05, 0) is 49.7 Å². The van der Waals surface area contributed by atoms with Gasteiger partial charge < -0.3 is 15.1 Å². The summed E-state index contributed by atoms with van der Waals surface area (Å²) < 4.78 is 27.8. The Morgan fingerprint density at radius 3 is 2.18 bits per heavy atom. The van der Waals surface area contributed by atoms with Crippen molar-refractivity contribution < 1.29 is 18.0 Å². The first kappa shape index (κ1) is 24.4. The minimum Gasteiger partial charge on any atom is -0.348 e. The number of hydrogen-bond donors (Lipinski definition) is 1.